The molecule has 0 amide bonds. The Balaban J connectivity index is 1.90. The van der Waals surface area contributed by atoms with Gasteiger partial charge in [-0.3, -0.25) is 0 Å². The highest BCUT2D eigenvalue weighted by atomic mass is 79.9. The second-order valence-electron chi connectivity index (χ2n) is 6.48. The summed E-state index contributed by atoms with van der Waals surface area (Å²) in [6.45, 7) is 3.90. The van der Waals surface area contributed by atoms with Crippen LogP contribution in [-0.2, 0) is 23.0 Å². The monoisotopic (exact) mass is 411 g/mol. The fraction of sp³-hybridized carbons (Fsp3) is 0.316. The van der Waals surface area contributed by atoms with Crippen molar-refractivity contribution in [3.63, 3.8) is 0 Å². The van der Waals surface area contributed by atoms with Crippen LogP contribution in [0.5, 0.6) is 0 Å². The highest BCUT2D eigenvalue weighted by Crippen LogP contribution is 2.37. The second-order valence-corrected chi connectivity index (χ2v) is 7.40. The van der Waals surface area contributed by atoms with Gasteiger partial charge in [0.2, 0.25) is 0 Å². The van der Waals surface area contributed by atoms with E-state index < -0.39 is 17.3 Å². The summed E-state index contributed by atoms with van der Waals surface area (Å²) in [5, 5.41) is 3.95. The number of nitrogens with zero attached hydrogens (tertiary/aromatic N) is 1. The molecule has 0 unspecified atom stereocenters. The Hall–Kier alpha value is -1.82. The Morgan fingerprint density at radius 1 is 1.20 bits per heavy atom. The van der Waals surface area contributed by atoms with Crippen molar-refractivity contribution in [3.8, 4) is 0 Å². The summed E-state index contributed by atoms with van der Waals surface area (Å²) in [5.41, 5.74) is 2.41. The summed E-state index contributed by atoms with van der Waals surface area (Å²) >= 11 is 3.34. The molecule has 1 atom stereocenters. The van der Waals surface area contributed by atoms with E-state index in [0.717, 1.165) is 27.4 Å². The van der Waals surface area contributed by atoms with E-state index >= 15 is 0 Å². The van der Waals surface area contributed by atoms with Crippen molar-refractivity contribution in [2.45, 2.75) is 38.5 Å². The third kappa shape index (κ3) is 3.89. The Kier molecular flexibility index (Phi) is 4.66. The molecule has 3 rings (SSSR count). The average molecular weight is 412 g/mol. The Labute approximate surface area is 152 Å². The van der Waals surface area contributed by atoms with Gasteiger partial charge in [-0.1, -0.05) is 41.6 Å². The molecule has 2 aromatic rings. The van der Waals surface area contributed by atoms with E-state index in [0.29, 0.717) is 18.4 Å². The number of rotatable bonds is 3. The van der Waals surface area contributed by atoms with E-state index in [2.05, 4.69) is 21.1 Å². The number of alkyl halides is 3. The first kappa shape index (κ1) is 18.0. The maximum Gasteiger partial charge on any atom is 0.416 e. The highest BCUT2D eigenvalue weighted by Gasteiger charge is 2.35. The van der Waals surface area contributed by atoms with E-state index in [1.54, 1.807) is 6.07 Å². The third-order valence-corrected chi connectivity index (χ3v) is 4.86. The van der Waals surface area contributed by atoms with Gasteiger partial charge >= 0.3 is 6.18 Å². The number of hydrogen-bond donors (Lipinski definition) is 0. The first-order valence-electron chi connectivity index (χ1n) is 7.84. The summed E-state index contributed by atoms with van der Waals surface area (Å²) in [5.74, 6) is 0. The van der Waals surface area contributed by atoms with Crippen molar-refractivity contribution < 1.29 is 18.0 Å². The Morgan fingerprint density at radius 3 is 2.60 bits per heavy atom. The number of hydrogen-bond acceptors (Lipinski definition) is 2. The Morgan fingerprint density at radius 2 is 1.96 bits per heavy atom. The predicted octanol–water partition coefficient (Wildman–Crippen LogP) is 5.95. The number of halogens is 4. The molecule has 0 radical (unpaired) electrons. The first-order chi connectivity index (χ1) is 11.7. The summed E-state index contributed by atoms with van der Waals surface area (Å²) in [6.07, 6.45) is -3.28. The van der Waals surface area contributed by atoms with Crippen LogP contribution in [0.4, 0.5) is 13.2 Å². The van der Waals surface area contributed by atoms with Gasteiger partial charge < -0.3 is 4.84 Å². The van der Waals surface area contributed by atoms with E-state index in [9.17, 15) is 13.2 Å². The highest BCUT2D eigenvalue weighted by molar-refractivity contribution is 9.18. The van der Waals surface area contributed by atoms with Crippen LogP contribution in [0.25, 0.3) is 0 Å². The molecule has 132 valence electrons. The third-order valence-electron chi connectivity index (χ3n) is 4.44. The molecule has 1 aliphatic heterocycles. The van der Waals surface area contributed by atoms with Gasteiger partial charge in [-0.15, -0.1) is 0 Å². The lowest BCUT2D eigenvalue weighted by Crippen LogP contribution is -2.21. The smallest absolute Gasteiger partial charge is 0.383 e. The van der Waals surface area contributed by atoms with Gasteiger partial charge in [0, 0.05) is 6.42 Å². The molecule has 0 N–H and O–H groups in total. The predicted molar refractivity (Wildman–Crippen MR) is 94.8 cm³/mol. The van der Waals surface area contributed by atoms with E-state index in [-0.39, 0.29) is 0 Å². The minimum absolute atomic E-state index is 0.432. The molecule has 2 nitrogen and oxygen atoms in total. The van der Waals surface area contributed by atoms with Crippen molar-refractivity contribution >= 4 is 20.6 Å². The van der Waals surface area contributed by atoms with Crippen molar-refractivity contribution in [2.75, 3.05) is 0 Å². The lowest BCUT2D eigenvalue weighted by molar-refractivity contribution is -0.137. The van der Waals surface area contributed by atoms with Crippen LogP contribution < -0.4 is 0 Å². The number of aryl methyl sites for hydroxylation is 1. The van der Waals surface area contributed by atoms with Crippen LogP contribution >= 0.6 is 15.9 Å². The molecule has 0 saturated carbocycles. The molecule has 25 heavy (non-hydrogen) atoms. The molecule has 6 heteroatoms. The minimum Gasteiger partial charge on any atom is -0.383 e. The largest absolute Gasteiger partial charge is 0.416 e. The van der Waals surface area contributed by atoms with Gasteiger partial charge in [-0.05, 0) is 64.5 Å². The van der Waals surface area contributed by atoms with Crippen LogP contribution in [0.3, 0.4) is 0 Å². The molecule has 0 saturated heterocycles. The van der Waals surface area contributed by atoms with Gasteiger partial charge in [0.05, 0.1) is 5.56 Å². The molecule has 0 aliphatic carbocycles. The average Bonchev–Trinajstić information content (AvgIpc) is 2.89. The van der Waals surface area contributed by atoms with Crippen LogP contribution in [-0.4, -0.2) is 4.62 Å². The van der Waals surface area contributed by atoms with Crippen LogP contribution in [0.2, 0.25) is 0 Å². The van der Waals surface area contributed by atoms with Gasteiger partial charge in [-0.2, -0.15) is 13.2 Å². The minimum atomic E-state index is -4.33. The van der Waals surface area contributed by atoms with Gasteiger partial charge in [0.1, 0.15) is 4.62 Å². The quantitative estimate of drug-likeness (QED) is 0.611. The summed E-state index contributed by atoms with van der Waals surface area (Å²) in [4.78, 5) is 5.54. The standard InChI is InChI=1S/C19H17BrF3NO/c1-12-6-7-15(18(2)11-17(20)24-25-18)10-14(12)8-13-4-3-5-16(9-13)19(21,22)23/h3-7,9-10H,8,11H2,1-2H3/t18-/m0/s1. The molecular formula is C19H17BrF3NO. The van der Waals surface area contributed by atoms with E-state index in [1.165, 1.54) is 12.1 Å². The summed E-state index contributed by atoms with van der Waals surface area (Å²) in [7, 11) is 0. The number of benzene rings is 2. The zero-order valence-corrected chi connectivity index (χ0v) is 15.4. The van der Waals surface area contributed by atoms with Crippen LogP contribution in [0.1, 0.15) is 41.2 Å². The molecule has 0 fully saturated rings. The summed E-state index contributed by atoms with van der Waals surface area (Å²) in [6, 6.07) is 11.4. The second kappa shape index (κ2) is 6.48. The lowest BCUT2D eigenvalue weighted by atomic mass is 9.89. The molecule has 1 aliphatic rings. The lowest BCUT2D eigenvalue weighted by Gasteiger charge is -2.23. The van der Waals surface area contributed by atoms with Crippen molar-refractivity contribution in [1.29, 1.82) is 0 Å². The summed E-state index contributed by atoms with van der Waals surface area (Å²) < 4.78 is 39.5. The fourth-order valence-electron chi connectivity index (χ4n) is 2.92. The number of oxime groups is 1. The zero-order valence-electron chi connectivity index (χ0n) is 13.8. The van der Waals surface area contributed by atoms with Gasteiger partial charge in [0.15, 0.2) is 5.60 Å². The molecule has 1 heterocycles. The topological polar surface area (TPSA) is 21.6 Å². The molecule has 0 bridgehead atoms. The maximum atomic E-state index is 12.9. The van der Waals surface area contributed by atoms with Crippen LogP contribution in [0, 0.1) is 6.92 Å². The fourth-order valence-corrected chi connectivity index (χ4v) is 3.52. The van der Waals surface area contributed by atoms with Gasteiger partial charge in [-0.25, -0.2) is 0 Å². The molecule has 2 aromatic carbocycles. The van der Waals surface area contributed by atoms with E-state index in [1.807, 2.05) is 32.0 Å². The molecule has 0 aromatic heterocycles. The van der Waals surface area contributed by atoms with Crippen LogP contribution in [0.15, 0.2) is 47.6 Å². The molecule has 0 spiro atoms. The normalized spacial score (nSPS) is 20.3. The van der Waals surface area contributed by atoms with E-state index in [4.69, 9.17) is 4.84 Å². The molecular weight excluding hydrogens is 395 g/mol. The maximum absolute atomic E-state index is 12.9. The Bertz CT molecular complexity index is 832. The first-order valence-corrected chi connectivity index (χ1v) is 8.63. The van der Waals surface area contributed by atoms with Crippen molar-refractivity contribution in [1.82, 2.24) is 0 Å². The van der Waals surface area contributed by atoms with Gasteiger partial charge in [0.25, 0.3) is 0 Å². The van der Waals surface area contributed by atoms with Crippen molar-refractivity contribution in [3.05, 3.63) is 70.3 Å². The zero-order chi connectivity index (χ0) is 18.2. The van der Waals surface area contributed by atoms with Crippen molar-refractivity contribution in [2.24, 2.45) is 5.16 Å². The SMILES string of the molecule is Cc1ccc([C@]2(C)CC(Br)=NO2)cc1Cc1cccc(C(F)(F)F)c1.